The lowest BCUT2D eigenvalue weighted by molar-refractivity contribution is 0.396. The van der Waals surface area contributed by atoms with Crippen LogP contribution in [0.15, 0.2) is 11.4 Å². The highest BCUT2D eigenvalue weighted by atomic mass is 32.1. The van der Waals surface area contributed by atoms with E-state index in [0.29, 0.717) is 0 Å². The highest BCUT2D eigenvalue weighted by molar-refractivity contribution is 7.16. The molecule has 0 aromatic carbocycles. The molecule has 2 aromatic heterocycles. The average Bonchev–Trinajstić information content (AvgIpc) is 2.92. The fourth-order valence-corrected chi connectivity index (χ4v) is 2.83. The molecule has 2 N–H and O–H groups in total. The zero-order valence-electron chi connectivity index (χ0n) is 13.1. The van der Waals surface area contributed by atoms with Crippen LogP contribution < -0.4 is 10.6 Å². The molecule has 0 bridgehead atoms. The summed E-state index contributed by atoms with van der Waals surface area (Å²) in [5, 5.41) is 9.92. The first-order valence-electron chi connectivity index (χ1n) is 7.58. The van der Waals surface area contributed by atoms with E-state index in [1.165, 1.54) is 6.42 Å². The van der Waals surface area contributed by atoms with Crippen molar-refractivity contribution in [1.82, 2.24) is 14.9 Å². The number of hydrogen-bond acceptors (Lipinski definition) is 6. The zero-order chi connectivity index (χ0) is 15.1. The number of anilines is 2. The van der Waals surface area contributed by atoms with Crippen LogP contribution in [0.25, 0.3) is 10.2 Å². The van der Waals surface area contributed by atoms with E-state index in [9.17, 15) is 0 Å². The van der Waals surface area contributed by atoms with Crippen molar-refractivity contribution in [2.45, 2.75) is 26.2 Å². The van der Waals surface area contributed by atoms with Crippen LogP contribution in [0.1, 0.15) is 26.2 Å². The summed E-state index contributed by atoms with van der Waals surface area (Å²) in [6.45, 7) is 5.12. The molecule has 116 valence electrons. The van der Waals surface area contributed by atoms with E-state index < -0.39 is 0 Å². The summed E-state index contributed by atoms with van der Waals surface area (Å²) in [5.41, 5.74) is 0. The number of fused-ring (bicyclic) bond motifs is 1. The van der Waals surface area contributed by atoms with Crippen molar-refractivity contribution < 1.29 is 0 Å². The number of nitrogens with zero attached hydrogens (tertiary/aromatic N) is 3. The first-order valence-corrected chi connectivity index (χ1v) is 8.46. The second-order valence-electron chi connectivity index (χ2n) is 5.40. The lowest BCUT2D eigenvalue weighted by atomic mass is 10.3. The quantitative estimate of drug-likeness (QED) is 0.696. The minimum absolute atomic E-state index is 0.725. The number of rotatable bonds is 9. The fourth-order valence-electron chi connectivity index (χ4n) is 2.07. The zero-order valence-corrected chi connectivity index (χ0v) is 14.0. The van der Waals surface area contributed by atoms with Crippen LogP contribution in [0.3, 0.4) is 0 Å². The van der Waals surface area contributed by atoms with Crippen molar-refractivity contribution in [2.75, 3.05) is 44.4 Å². The van der Waals surface area contributed by atoms with Gasteiger partial charge in [-0.3, -0.25) is 0 Å². The first-order chi connectivity index (χ1) is 10.2. The Hall–Kier alpha value is -1.40. The van der Waals surface area contributed by atoms with Crippen molar-refractivity contribution >= 4 is 33.3 Å². The summed E-state index contributed by atoms with van der Waals surface area (Å²) in [5.74, 6) is 1.67. The van der Waals surface area contributed by atoms with Gasteiger partial charge in [-0.2, -0.15) is 4.98 Å². The Labute approximate surface area is 130 Å². The maximum absolute atomic E-state index is 4.61. The third-order valence-electron chi connectivity index (χ3n) is 3.18. The molecular weight excluding hydrogens is 282 g/mol. The van der Waals surface area contributed by atoms with E-state index in [-0.39, 0.29) is 0 Å². The molecule has 2 aromatic rings. The lowest BCUT2D eigenvalue weighted by Crippen LogP contribution is -2.14. The van der Waals surface area contributed by atoms with Crippen LogP contribution in [0.5, 0.6) is 0 Å². The average molecular weight is 307 g/mol. The monoisotopic (exact) mass is 307 g/mol. The minimum atomic E-state index is 0.725. The van der Waals surface area contributed by atoms with Gasteiger partial charge in [0.25, 0.3) is 0 Å². The molecule has 5 nitrogen and oxygen atoms in total. The molecule has 0 aliphatic carbocycles. The minimum Gasteiger partial charge on any atom is -0.369 e. The highest BCUT2D eigenvalue weighted by Gasteiger charge is 2.08. The number of unbranched alkanes of at least 4 members (excludes halogenated alkanes) is 1. The number of nitrogens with one attached hydrogen (secondary N) is 2. The Kier molecular flexibility index (Phi) is 6.20. The Bertz CT molecular complexity index is 552. The van der Waals surface area contributed by atoms with Gasteiger partial charge < -0.3 is 15.5 Å². The molecule has 0 saturated heterocycles. The van der Waals surface area contributed by atoms with Crippen molar-refractivity contribution in [3.05, 3.63) is 11.4 Å². The van der Waals surface area contributed by atoms with Crippen molar-refractivity contribution in [2.24, 2.45) is 0 Å². The molecule has 21 heavy (non-hydrogen) atoms. The van der Waals surface area contributed by atoms with Crippen LogP contribution in [-0.4, -0.2) is 48.6 Å². The van der Waals surface area contributed by atoms with E-state index in [1.54, 1.807) is 11.3 Å². The predicted molar refractivity (Wildman–Crippen MR) is 92.5 cm³/mol. The maximum atomic E-state index is 4.61. The summed E-state index contributed by atoms with van der Waals surface area (Å²) in [6, 6.07) is 2.09. The molecular formula is C15H25N5S. The molecule has 6 heteroatoms. The standard InChI is InChI=1S/C15H25N5S/c1-4-8-17-15-18-13(12-7-11-21-14(12)19-15)16-9-5-6-10-20(2)3/h7,11H,4-6,8-10H2,1-3H3,(H2,16,17,18,19). The van der Waals surface area contributed by atoms with E-state index in [1.807, 2.05) is 0 Å². The predicted octanol–water partition coefficient (Wildman–Crippen LogP) is 3.27. The molecule has 0 radical (unpaired) electrons. The second kappa shape index (κ2) is 8.14. The van der Waals surface area contributed by atoms with Gasteiger partial charge in [0.05, 0.1) is 5.39 Å². The van der Waals surface area contributed by atoms with Gasteiger partial charge in [-0.15, -0.1) is 11.3 Å². The molecule has 0 atom stereocenters. The summed E-state index contributed by atoms with van der Waals surface area (Å²) in [7, 11) is 4.22. The van der Waals surface area contributed by atoms with Gasteiger partial charge in [-0.1, -0.05) is 6.92 Å². The maximum Gasteiger partial charge on any atom is 0.226 e. The normalized spacial score (nSPS) is 11.2. The van der Waals surface area contributed by atoms with Crippen LogP contribution in [-0.2, 0) is 0 Å². The largest absolute Gasteiger partial charge is 0.369 e. The molecule has 0 fully saturated rings. The van der Waals surface area contributed by atoms with Crippen LogP contribution in [0.4, 0.5) is 11.8 Å². The Morgan fingerprint density at radius 1 is 1.14 bits per heavy atom. The van der Waals surface area contributed by atoms with E-state index in [2.05, 4.69) is 58.0 Å². The number of aromatic nitrogens is 2. The Balaban J connectivity index is 1.98. The van der Waals surface area contributed by atoms with Gasteiger partial charge in [0.1, 0.15) is 10.6 Å². The third kappa shape index (κ3) is 4.82. The number of hydrogen-bond donors (Lipinski definition) is 2. The fraction of sp³-hybridized carbons (Fsp3) is 0.600. The molecule has 0 aliphatic rings. The smallest absolute Gasteiger partial charge is 0.226 e. The van der Waals surface area contributed by atoms with Crippen molar-refractivity contribution in [1.29, 1.82) is 0 Å². The summed E-state index contributed by atoms with van der Waals surface area (Å²) >= 11 is 1.66. The molecule has 2 rings (SSSR count). The third-order valence-corrected chi connectivity index (χ3v) is 3.99. The van der Waals surface area contributed by atoms with Crippen molar-refractivity contribution in [3.8, 4) is 0 Å². The van der Waals surface area contributed by atoms with E-state index >= 15 is 0 Å². The van der Waals surface area contributed by atoms with Crippen LogP contribution in [0.2, 0.25) is 0 Å². The summed E-state index contributed by atoms with van der Waals surface area (Å²) in [6.07, 6.45) is 3.41. The molecule has 0 unspecified atom stereocenters. The Morgan fingerprint density at radius 2 is 2.00 bits per heavy atom. The lowest BCUT2D eigenvalue weighted by Gasteiger charge is -2.11. The van der Waals surface area contributed by atoms with Gasteiger partial charge in [-0.05, 0) is 51.3 Å². The Morgan fingerprint density at radius 3 is 2.76 bits per heavy atom. The van der Waals surface area contributed by atoms with Gasteiger partial charge in [-0.25, -0.2) is 4.98 Å². The molecule has 2 heterocycles. The second-order valence-corrected chi connectivity index (χ2v) is 6.29. The molecule has 0 spiro atoms. The van der Waals surface area contributed by atoms with Gasteiger partial charge in [0, 0.05) is 13.1 Å². The van der Waals surface area contributed by atoms with Crippen LogP contribution >= 0.6 is 11.3 Å². The molecule has 0 saturated carbocycles. The van der Waals surface area contributed by atoms with E-state index in [4.69, 9.17) is 0 Å². The van der Waals surface area contributed by atoms with Crippen LogP contribution in [0, 0.1) is 0 Å². The topological polar surface area (TPSA) is 53.1 Å². The van der Waals surface area contributed by atoms with Gasteiger partial charge in [0.15, 0.2) is 0 Å². The number of thiophene rings is 1. The SMILES string of the molecule is CCCNc1nc(NCCCCN(C)C)c2ccsc2n1. The summed E-state index contributed by atoms with van der Waals surface area (Å²) in [4.78, 5) is 12.4. The first kappa shape index (κ1) is 16.0. The molecule has 0 amide bonds. The summed E-state index contributed by atoms with van der Waals surface area (Å²) < 4.78 is 0. The van der Waals surface area contributed by atoms with Gasteiger partial charge >= 0.3 is 0 Å². The van der Waals surface area contributed by atoms with Gasteiger partial charge in [0.2, 0.25) is 5.95 Å². The highest BCUT2D eigenvalue weighted by Crippen LogP contribution is 2.26. The van der Waals surface area contributed by atoms with Crippen molar-refractivity contribution in [3.63, 3.8) is 0 Å². The van der Waals surface area contributed by atoms with E-state index in [0.717, 1.165) is 54.5 Å². The molecule has 0 aliphatic heterocycles.